The first-order chi connectivity index (χ1) is 15.1. The molecule has 1 fully saturated rings. The van der Waals surface area contributed by atoms with Crippen LogP contribution < -0.4 is 20.3 Å². The Morgan fingerprint density at radius 2 is 1.88 bits per heavy atom. The van der Waals surface area contributed by atoms with Crippen LogP contribution >= 0.6 is 24.0 Å². The summed E-state index contributed by atoms with van der Waals surface area (Å²) in [4.78, 5) is 13.6. The van der Waals surface area contributed by atoms with Gasteiger partial charge in [0, 0.05) is 46.0 Å². The largest absolute Gasteiger partial charge is 0.489 e. The smallest absolute Gasteiger partial charge is 0.191 e. The number of hydrogen-bond acceptors (Lipinski definition) is 5. The predicted octanol–water partition coefficient (Wildman–Crippen LogP) is 3.11. The lowest BCUT2D eigenvalue weighted by Gasteiger charge is -2.34. The van der Waals surface area contributed by atoms with Crippen molar-refractivity contribution in [3.8, 4) is 5.75 Å². The van der Waals surface area contributed by atoms with Crippen LogP contribution in [0.3, 0.4) is 0 Å². The lowest BCUT2D eigenvalue weighted by molar-refractivity contribution is 0.223. The molecular formula is C23H34FIN6O. The van der Waals surface area contributed by atoms with E-state index >= 15 is 0 Å². The first-order valence-electron chi connectivity index (χ1n) is 10.9. The summed E-state index contributed by atoms with van der Waals surface area (Å²) < 4.78 is 18.8. The summed E-state index contributed by atoms with van der Waals surface area (Å²) in [5, 5.41) is 6.61. The lowest BCUT2D eigenvalue weighted by atomic mass is 10.2. The molecule has 1 aromatic heterocycles. The Hall–Kier alpha value is -2.14. The van der Waals surface area contributed by atoms with E-state index < -0.39 is 0 Å². The van der Waals surface area contributed by atoms with Gasteiger partial charge in [-0.25, -0.2) is 9.37 Å². The van der Waals surface area contributed by atoms with Crippen LogP contribution in [0.5, 0.6) is 5.75 Å². The van der Waals surface area contributed by atoms with Gasteiger partial charge in [0.15, 0.2) is 5.96 Å². The summed E-state index contributed by atoms with van der Waals surface area (Å²) >= 11 is 0. The third-order valence-electron chi connectivity index (χ3n) is 5.34. The summed E-state index contributed by atoms with van der Waals surface area (Å²) in [7, 11) is 1.74. The van der Waals surface area contributed by atoms with Crippen molar-refractivity contribution in [2.24, 2.45) is 4.99 Å². The number of piperazine rings is 1. The minimum atomic E-state index is -0.273. The maximum Gasteiger partial charge on any atom is 0.191 e. The molecule has 176 valence electrons. The zero-order chi connectivity index (χ0) is 22.1. The number of pyridine rings is 1. The van der Waals surface area contributed by atoms with Gasteiger partial charge in [0.25, 0.3) is 0 Å². The van der Waals surface area contributed by atoms with Crippen molar-refractivity contribution in [2.45, 2.75) is 26.5 Å². The van der Waals surface area contributed by atoms with Crippen molar-refractivity contribution in [1.82, 2.24) is 20.5 Å². The van der Waals surface area contributed by atoms with Crippen molar-refractivity contribution in [3.63, 3.8) is 0 Å². The van der Waals surface area contributed by atoms with E-state index in [1.165, 1.54) is 12.1 Å². The van der Waals surface area contributed by atoms with Gasteiger partial charge in [0.1, 0.15) is 23.5 Å². The van der Waals surface area contributed by atoms with Gasteiger partial charge in [-0.15, -0.1) is 24.0 Å². The first-order valence-corrected chi connectivity index (χ1v) is 10.9. The van der Waals surface area contributed by atoms with Gasteiger partial charge in [-0.2, -0.15) is 0 Å². The highest BCUT2D eigenvalue weighted by Gasteiger charge is 2.17. The van der Waals surface area contributed by atoms with Gasteiger partial charge < -0.3 is 25.2 Å². The first kappa shape index (κ1) is 26.1. The molecule has 2 heterocycles. The monoisotopic (exact) mass is 556 g/mol. The van der Waals surface area contributed by atoms with Crippen LogP contribution in [-0.4, -0.2) is 68.3 Å². The third kappa shape index (κ3) is 8.09. The number of aromatic nitrogens is 1. The Morgan fingerprint density at radius 3 is 2.53 bits per heavy atom. The average molecular weight is 556 g/mol. The van der Waals surface area contributed by atoms with Crippen molar-refractivity contribution in [3.05, 3.63) is 54.0 Å². The van der Waals surface area contributed by atoms with Crippen LogP contribution in [0.1, 0.15) is 19.4 Å². The summed E-state index contributed by atoms with van der Waals surface area (Å²) in [6.07, 6.45) is 1.77. The molecule has 1 aliphatic rings. The number of rotatable bonds is 8. The molecule has 1 atom stereocenters. The number of benzene rings is 1. The maximum atomic E-state index is 13.0. The van der Waals surface area contributed by atoms with Crippen molar-refractivity contribution < 1.29 is 9.13 Å². The number of hydrogen-bond donors (Lipinski definition) is 2. The van der Waals surface area contributed by atoms with E-state index in [0.717, 1.165) is 44.1 Å². The van der Waals surface area contributed by atoms with Gasteiger partial charge in [0.05, 0.1) is 6.54 Å². The average Bonchev–Trinajstić information content (AvgIpc) is 2.81. The lowest BCUT2D eigenvalue weighted by Crippen LogP contribution is -2.46. The fourth-order valence-corrected chi connectivity index (χ4v) is 3.47. The van der Waals surface area contributed by atoms with Crippen molar-refractivity contribution in [2.75, 3.05) is 51.2 Å². The number of aliphatic imine (C=N–C) groups is 1. The Labute approximate surface area is 207 Å². The zero-order valence-electron chi connectivity index (χ0n) is 19.1. The highest BCUT2D eigenvalue weighted by atomic mass is 127. The number of halogens is 2. The topological polar surface area (TPSA) is 65.0 Å². The molecule has 0 saturated carbocycles. The number of likely N-dealkylation sites (N-methyl/N-ethyl adjacent to an activating group) is 1. The van der Waals surface area contributed by atoms with E-state index in [1.807, 2.05) is 19.2 Å². The van der Waals surface area contributed by atoms with Gasteiger partial charge in [0.2, 0.25) is 0 Å². The number of nitrogens with one attached hydrogen (secondary N) is 2. The van der Waals surface area contributed by atoms with E-state index in [-0.39, 0.29) is 35.9 Å². The van der Waals surface area contributed by atoms with E-state index in [4.69, 9.17) is 4.74 Å². The molecule has 7 nitrogen and oxygen atoms in total. The van der Waals surface area contributed by atoms with E-state index in [1.54, 1.807) is 19.2 Å². The highest BCUT2D eigenvalue weighted by Crippen LogP contribution is 2.15. The molecule has 1 aliphatic heterocycles. The van der Waals surface area contributed by atoms with Gasteiger partial charge in [-0.1, -0.05) is 6.92 Å². The number of ether oxygens (including phenoxy) is 1. The van der Waals surface area contributed by atoms with Crippen LogP contribution in [-0.2, 0) is 6.54 Å². The quantitative estimate of drug-likeness (QED) is 0.296. The Bertz CT molecular complexity index is 843. The fraction of sp³-hybridized carbons (Fsp3) is 0.478. The van der Waals surface area contributed by atoms with Crippen LogP contribution in [0.2, 0.25) is 0 Å². The van der Waals surface area contributed by atoms with Crippen LogP contribution in [0, 0.1) is 5.82 Å². The molecule has 0 radical (unpaired) electrons. The Balaban J connectivity index is 0.00000363. The molecule has 32 heavy (non-hydrogen) atoms. The Kier molecular flexibility index (Phi) is 10.9. The van der Waals surface area contributed by atoms with Gasteiger partial charge >= 0.3 is 0 Å². The molecule has 2 aromatic rings. The predicted molar refractivity (Wildman–Crippen MR) is 139 cm³/mol. The minimum Gasteiger partial charge on any atom is -0.489 e. The maximum absolute atomic E-state index is 13.0. The van der Waals surface area contributed by atoms with E-state index in [0.29, 0.717) is 24.8 Å². The summed E-state index contributed by atoms with van der Waals surface area (Å²) in [5.74, 6) is 2.09. The van der Waals surface area contributed by atoms with E-state index in [2.05, 4.69) is 43.4 Å². The zero-order valence-corrected chi connectivity index (χ0v) is 21.4. The highest BCUT2D eigenvalue weighted by molar-refractivity contribution is 14.0. The molecule has 1 unspecified atom stereocenters. The normalized spacial score (nSPS) is 15.6. The van der Waals surface area contributed by atoms with Gasteiger partial charge in [-0.05, 0) is 55.4 Å². The fourth-order valence-electron chi connectivity index (χ4n) is 3.47. The second-order valence-electron chi connectivity index (χ2n) is 7.63. The number of anilines is 1. The molecule has 0 spiro atoms. The van der Waals surface area contributed by atoms with Gasteiger partial charge in [-0.3, -0.25) is 4.99 Å². The Morgan fingerprint density at radius 1 is 1.16 bits per heavy atom. The van der Waals surface area contributed by atoms with Crippen LogP contribution in [0.4, 0.5) is 10.2 Å². The van der Waals surface area contributed by atoms with Crippen LogP contribution in [0.15, 0.2) is 47.6 Å². The molecule has 1 aromatic carbocycles. The number of nitrogens with zero attached hydrogens (tertiary/aromatic N) is 4. The molecule has 1 saturated heterocycles. The molecule has 2 N–H and O–H groups in total. The standard InChI is InChI=1S/C23H33FN6O.HI/c1-4-29-11-13-30(14-12-29)22-15-19(9-10-26-22)17-28-23(25-3)27-16-18(2)31-21-7-5-20(24)6-8-21;/h5-10,15,18H,4,11-14,16-17H2,1-3H3,(H2,25,27,28);1H. The molecule has 0 amide bonds. The van der Waals surface area contributed by atoms with Crippen molar-refractivity contribution >= 4 is 35.8 Å². The molecule has 0 bridgehead atoms. The second kappa shape index (κ2) is 13.4. The van der Waals surface area contributed by atoms with Crippen LogP contribution in [0.25, 0.3) is 0 Å². The second-order valence-corrected chi connectivity index (χ2v) is 7.63. The molecular weight excluding hydrogens is 522 g/mol. The molecule has 0 aliphatic carbocycles. The summed E-state index contributed by atoms with van der Waals surface area (Å²) in [5.41, 5.74) is 1.15. The summed E-state index contributed by atoms with van der Waals surface area (Å²) in [6, 6.07) is 10.2. The van der Waals surface area contributed by atoms with E-state index in [9.17, 15) is 4.39 Å². The van der Waals surface area contributed by atoms with Crippen molar-refractivity contribution in [1.29, 1.82) is 0 Å². The molecule has 9 heteroatoms. The molecule has 3 rings (SSSR count). The summed E-state index contributed by atoms with van der Waals surface area (Å²) in [6.45, 7) is 10.7. The third-order valence-corrected chi connectivity index (χ3v) is 5.34. The number of guanidine groups is 1. The minimum absolute atomic E-state index is 0. The SMILES string of the molecule is CCN1CCN(c2cc(CNC(=NC)NCC(C)Oc3ccc(F)cc3)ccn2)CC1.I.